The van der Waals surface area contributed by atoms with E-state index in [9.17, 15) is 0 Å². The molecule has 1 fully saturated rings. The van der Waals surface area contributed by atoms with Gasteiger partial charge in [-0.05, 0) is 36.5 Å². The fourth-order valence-electron chi connectivity index (χ4n) is 2.57. The third-order valence-electron chi connectivity index (χ3n) is 4.28. The van der Waals surface area contributed by atoms with Crippen LogP contribution in [0.4, 0.5) is 0 Å². The smallest absolute Gasteiger partial charge is 0.0389 e. The van der Waals surface area contributed by atoms with Gasteiger partial charge in [0.15, 0.2) is 0 Å². The van der Waals surface area contributed by atoms with Crippen molar-refractivity contribution in [1.82, 2.24) is 0 Å². The van der Waals surface area contributed by atoms with Crippen molar-refractivity contribution in [2.45, 2.75) is 58.8 Å². The van der Waals surface area contributed by atoms with Gasteiger partial charge in [-0.1, -0.05) is 40.5 Å². The SMILES string of the molecule is CCC(C)C(Cl)C1CCC(C)C(C)C1. The summed E-state index contributed by atoms with van der Waals surface area (Å²) >= 11 is 6.52. The Morgan fingerprint density at radius 1 is 1.21 bits per heavy atom. The molecule has 1 aliphatic rings. The van der Waals surface area contributed by atoms with Gasteiger partial charge in [-0.15, -0.1) is 11.6 Å². The number of rotatable bonds is 3. The second kappa shape index (κ2) is 5.39. The lowest BCUT2D eigenvalue weighted by Gasteiger charge is -2.36. The fourth-order valence-corrected chi connectivity index (χ4v) is 2.98. The molecule has 0 radical (unpaired) electrons. The fraction of sp³-hybridized carbons (Fsp3) is 1.00. The Bertz CT molecular complexity index is 167. The Hall–Kier alpha value is 0.290. The van der Waals surface area contributed by atoms with Gasteiger partial charge in [0, 0.05) is 5.38 Å². The van der Waals surface area contributed by atoms with Crippen molar-refractivity contribution in [3.8, 4) is 0 Å². The monoisotopic (exact) mass is 216 g/mol. The van der Waals surface area contributed by atoms with Crippen LogP contribution >= 0.6 is 11.6 Å². The van der Waals surface area contributed by atoms with E-state index in [1.807, 2.05) is 0 Å². The number of halogens is 1. The van der Waals surface area contributed by atoms with Crippen molar-refractivity contribution >= 4 is 11.6 Å². The van der Waals surface area contributed by atoms with Crippen molar-refractivity contribution in [2.75, 3.05) is 0 Å². The molecule has 0 saturated heterocycles. The van der Waals surface area contributed by atoms with E-state index >= 15 is 0 Å². The van der Waals surface area contributed by atoms with Gasteiger partial charge in [-0.2, -0.15) is 0 Å². The van der Waals surface area contributed by atoms with Crippen molar-refractivity contribution in [1.29, 1.82) is 0 Å². The lowest BCUT2D eigenvalue weighted by molar-refractivity contribution is 0.188. The molecule has 0 aromatic rings. The maximum absolute atomic E-state index is 6.52. The van der Waals surface area contributed by atoms with E-state index in [4.69, 9.17) is 11.6 Å². The Kier molecular flexibility index (Phi) is 4.76. The summed E-state index contributed by atoms with van der Waals surface area (Å²) in [6.07, 6.45) is 5.30. The van der Waals surface area contributed by atoms with Crippen LogP contribution in [-0.2, 0) is 0 Å². The zero-order chi connectivity index (χ0) is 10.7. The molecule has 0 aromatic carbocycles. The summed E-state index contributed by atoms with van der Waals surface area (Å²) in [5.41, 5.74) is 0. The molecular formula is C13H25Cl. The molecule has 14 heavy (non-hydrogen) atoms. The quantitative estimate of drug-likeness (QED) is 0.600. The Labute approximate surface area is 94.4 Å². The molecule has 0 aromatic heterocycles. The Balaban J connectivity index is 2.45. The van der Waals surface area contributed by atoms with Crippen LogP contribution in [0.2, 0.25) is 0 Å². The molecule has 0 N–H and O–H groups in total. The standard InChI is InChI=1S/C13H25Cl/c1-5-9(2)13(14)12-7-6-10(3)11(4)8-12/h9-13H,5-8H2,1-4H3. The summed E-state index contributed by atoms with van der Waals surface area (Å²) in [6, 6.07) is 0. The minimum atomic E-state index is 0.412. The second-order valence-corrected chi connectivity index (χ2v) is 5.86. The molecule has 0 spiro atoms. The van der Waals surface area contributed by atoms with Crippen LogP contribution in [0.5, 0.6) is 0 Å². The summed E-state index contributed by atoms with van der Waals surface area (Å²) in [7, 11) is 0. The first kappa shape index (κ1) is 12.4. The summed E-state index contributed by atoms with van der Waals surface area (Å²) < 4.78 is 0. The molecule has 0 heterocycles. The molecule has 0 amide bonds. The largest absolute Gasteiger partial charge is 0.122 e. The summed E-state index contributed by atoms with van der Waals surface area (Å²) in [5, 5.41) is 0.412. The molecule has 1 rings (SSSR count). The first-order valence-electron chi connectivity index (χ1n) is 6.20. The summed E-state index contributed by atoms with van der Waals surface area (Å²) in [5.74, 6) is 3.24. The third kappa shape index (κ3) is 2.89. The summed E-state index contributed by atoms with van der Waals surface area (Å²) in [4.78, 5) is 0. The molecule has 1 saturated carbocycles. The lowest BCUT2D eigenvalue weighted by atomic mass is 9.73. The van der Waals surface area contributed by atoms with Crippen LogP contribution in [0.1, 0.15) is 53.4 Å². The van der Waals surface area contributed by atoms with Gasteiger partial charge in [0.2, 0.25) is 0 Å². The zero-order valence-electron chi connectivity index (χ0n) is 10.1. The number of hydrogen-bond donors (Lipinski definition) is 0. The van der Waals surface area contributed by atoms with E-state index < -0.39 is 0 Å². The van der Waals surface area contributed by atoms with Gasteiger partial charge >= 0.3 is 0 Å². The predicted octanol–water partition coefficient (Wildman–Crippen LogP) is 4.71. The maximum Gasteiger partial charge on any atom is 0.0389 e. The van der Waals surface area contributed by atoms with Gasteiger partial charge in [0.05, 0.1) is 0 Å². The van der Waals surface area contributed by atoms with Crippen molar-refractivity contribution in [3.63, 3.8) is 0 Å². The molecule has 1 aliphatic carbocycles. The zero-order valence-corrected chi connectivity index (χ0v) is 10.8. The van der Waals surface area contributed by atoms with Crippen LogP contribution in [0.3, 0.4) is 0 Å². The van der Waals surface area contributed by atoms with Crippen LogP contribution in [-0.4, -0.2) is 5.38 Å². The van der Waals surface area contributed by atoms with Crippen LogP contribution < -0.4 is 0 Å². The van der Waals surface area contributed by atoms with Crippen molar-refractivity contribution in [3.05, 3.63) is 0 Å². The lowest BCUT2D eigenvalue weighted by Crippen LogP contribution is -2.30. The van der Waals surface area contributed by atoms with Crippen LogP contribution in [0, 0.1) is 23.7 Å². The van der Waals surface area contributed by atoms with Crippen molar-refractivity contribution < 1.29 is 0 Å². The average Bonchev–Trinajstić information content (AvgIpc) is 2.20. The first-order valence-corrected chi connectivity index (χ1v) is 6.64. The van der Waals surface area contributed by atoms with Gasteiger partial charge < -0.3 is 0 Å². The minimum Gasteiger partial charge on any atom is -0.122 e. The van der Waals surface area contributed by atoms with E-state index in [1.165, 1.54) is 25.7 Å². The van der Waals surface area contributed by atoms with E-state index in [1.54, 1.807) is 0 Å². The number of alkyl halides is 1. The van der Waals surface area contributed by atoms with E-state index in [2.05, 4.69) is 27.7 Å². The van der Waals surface area contributed by atoms with Gasteiger partial charge in [-0.25, -0.2) is 0 Å². The van der Waals surface area contributed by atoms with E-state index in [0.29, 0.717) is 11.3 Å². The number of hydrogen-bond acceptors (Lipinski definition) is 0. The normalized spacial score (nSPS) is 37.9. The minimum absolute atomic E-state index is 0.412. The molecule has 0 bridgehead atoms. The molecule has 84 valence electrons. The molecule has 1 heteroatoms. The first-order chi connectivity index (χ1) is 6.56. The highest BCUT2D eigenvalue weighted by Gasteiger charge is 2.31. The molecule has 5 atom stereocenters. The van der Waals surface area contributed by atoms with Gasteiger partial charge in [-0.3, -0.25) is 0 Å². The Morgan fingerprint density at radius 3 is 2.36 bits per heavy atom. The molecular weight excluding hydrogens is 192 g/mol. The summed E-state index contributed by atoms with van der Waals surface area (Å²) in [6.45, 7) is 9.31. The molecule has 0 nitrogen and oxygen atoms in total. The molecule has 5 unspecified atom stereocenters. The maximum atomic E-state index is 6.52. The van der Waals surface area contributed by atoms with E-state index in [0.717, 1.165) is 17.8 Å². The Morgan fingerprint density at radius 2 is 1.86 bits per heavy atom. The van der Waals surface area contributed by atoms with Gasteiger partial charge in [0.25, 0.3) is 0 Å². The topological polar surface area (TPSA) is 0 Å². The molecule has 0 aliphatic heterocycles. The highest BCUT2D eigenvalue weighted by atomic mass is 35.5. The predicted molar refractivity (Wildman–Crippen MR) is 64.8 cm³/mol. The second-order valence-electron chi connectivity index (χ2n) is 5.36. The van der Waals surface area contributed by atoms with Crippen molar-refractivity contribution in [2.24, 2.45) is 23.7 Å². The third-order valence-corrected chi connectivity index (χ3v) is 5.06. The van der Waals surface area contributed by atoms with E-state index in [-0.39, 0.29) is 0 Å². The highest BCUT2D eigenvalue weighted by Crippen LogP contribution is 2.39. The van der Waals surface area contributed by atoms with Crippen LogP contribution in [0.15, 0.2) is 0 Å². The average molecular weight is 217 g/mol. The highest BCUT2D eigenvalue weighted by molar-refractivity contribution is 6.21. The van der Waals surface area contributed by atoms with Crippen LogP contribution in [0.25, 0.3) is 0 Å². The van der Waals surface area contributed by atoms with Gasteiger partial charge in [0.1, 0.15) is 0 Å².